The lowest BCUT2D eigenvalue weighted by Gasteiger charge is -2.32. The largest absolute Gasteiger partial charge is 0.390 e. The lowest BCUT2D eigenvalue weighted by molar-refractivity contribution is -0.137. The zero-order valence-electron chi connectivity index (χ0n) is 12.1. The van der Waals surface area contributed by atoms with Gasteiger partial charge in [0.2, 0.25) is 5.91 Å². The van der Waals surface area contributed by atoms with E-state index in [9.17, 15) is 9.59 Å². The highest BCUT2D eigenvalue weighted by Gasteiger charge is 2.31. The summed E-state index contributed by atoms with van der Waals surface area (Å²) in [4.78, 5) is 27.0. The summed E-state index contributed by atoms with van der Waals surface area (Å²) in [6.07, 6.45) is 6.28. The smallest absolute Gasteiger partial charge is 0.251 e. The van der Waals surface area contributed by atoms with Gasteiger partial charge in [-0.1, -0.05) is 19.3 Å². The number of nitrogen functional groups attached to an aromatic ring is 1. The molecule has 6 heteroatoms. The molecule has 4 N–H and O–H groups in total. The number of anilines is 1. The van der Waals surface area contributed by atoms with Crippen LogP contribution >= 0.6 is 11.3 Å². The van der Waals surface area contributed by atoms with Crippen LogP contribution in [0.15, 0.2) is 0 Å². The van der Waals surface area contributed by atoms with E-state index in [4.69, 9.17) is 11.5 Å². The normalized spacial score (nSPS) is 19.3. The molecule has 5 nitrogen and oxygen atoms in total. The van der Waals surface area contributed by atoms with Gasteiger partial charge in [-0.2, -0.15) is 0 Å². The molecule has 2 aliphatic rings. The van der Waals surface area contributed by atoms with Gasteiger partial charge in [-0.3, -0.25) is 9.59 Å². The standard InChI is InChI=1S/C15H21N3O2S/c16-13(19)12-10-6-7-18(8-11(10)21-14(12)17)15(20)9-4-2-1-3-5-9/h9H,1-8,17H2,(H2,16,19). The monoisotopic (exact) mass is 307 g/mol. The molecule has 1 aromatic heterocycles. The van der Waals surface area contributed by atoms with E-state index in [1.807, 2.05) is 4.90 Å². The summed E-state index contributed by atoms with van der Waals surface area (Å²) in [6.45, 7) is 1.24. The lowest BCUT2D eigenvalue weighted by Crippen LogP contribution is -2.40. The highest BCUT2D eigenvalue weighted by atomic mass is 32.1. The minimum atomic E-state index is -0.461. The molecule has 1 aliphatic carbocycles. The Hall–Kier alpha value is -1.56. The zero-order valence-corrected chi connectivity index (χ0v) is 12.9. The van der Waals surface area contributed by atoms with Gasteiger partial charge in [-0.05, 0) is 24.8 Å². The summed E-state index contributed by atoms with van der Waals surface area (Å²) in [6, 6.07) is 0. The lowest BCUT2D eigenvalue weighted by atomic mass is 9.88. The molecule has 0 atom stereocenters. The van der Waals surface area contributed by atoms with Crippen LogP contribution < -0.4 is 11.5 Å². The molecule has 2 heterocycles. The Morgan fingerprint density at radius 2 is 1.90 bits per heavy atom. The van der Waals surface area contributed by atoms with E-state index in [2.05, 4.69) is 0 Å². The minimum absolute atomic E-state index is 0.188. The number of nitrogens with zero attached hydrogens (tertiary/aromatic N) is 1. The first-order valence-electron chi connectivity index (χ1n) is 7.56. The van der Waals surface area contributed by atoms with Crippen LogP contribution in [0, 0.1) is 5.92 Å². The van der Waals surface area contributed by atoms with Crippen LogP contribution in [0.4, 0.5) is 5.00 Å². The Morgan fingerprint density at radius 3 is 2.57 bits per heavy atom. The Labute approximate surface area is 128 Å². The van der Waals surface area contributed by atoms with Crippen LogP contribution in [-0.2, 0) is 17.8 Å². The summed E-state index contributed by atoms with van der Waals surface area (Å²) in [7, 11) is 0. The predicted molar refractivity (Wildman–Crippen MR) is 82.9 cm³/mol. The molecule has 0 saturated heterocycles. The van der Waals surface area contributed by atoms with E-state index < -0.39 is 5.91 Å². The third kappa shape index (κ3) is 2.64. The number of amides is 2. The van der Waals surface area contributed by atoms with Crippen molar-refractivity contribution in [3.8, 4) is 0 Å². The van der Waals surface area contributed by atoms with E-state index in [0.29, 0.717) is 30.1 Å². The first kappa shape index (κ1) is 14.4. The van der Waals surface area contributed by atoms with Crippen molar-refractivity contribution in [1.82, 2.24) is 4.90 Å². The number of rotatable bonds is 2. The zero-order chi connectivity index (χ0) is 15.0. The van der Waals surface area contributed by atoms with Crippen LogP contribution in [0.5, 0.6) is 0 Å². The van der Waals surface area contributed by atoms with E-state index in [1.165, 1.54) is 17.8 Å². The fraction of sp³-hybridized carbons (Fsp3) is 0.600. The first-order chi connectivity index (χ1) is 10.1. The van der Waals surface area contributed by atoms with Crippen molar-refractivity contribution in [3.63, 3.8) is 0 Å². The molecule has 0 radical (unpaired) electrons. The summed E-state index contributed by atoms with van der Waals surface area (Å²) in [5.41, 5.74) is 12.7. The van der Waals surface area contributed by atoms with Crippen molar-refractivity contribution < 1.29 is 9.59 Å². The number of carbonyl (C=O) groups excluding carboxylic acids is 2. The number of nitrogens with two attached hydrogens (primary N) is 2. The first-order valence-corrected chi connectivity index (χ1v) is 8.38. The molecule has 114 valence electrons. The maximum absolute atomic E-state index is 12.6. The van der Waals surface area contributed by atoms with Crippen LogP contribution in [0.3, 0.4) is 0 Å². The van der Waals surface area contributed by atoms with Gasteiger partial charge in [0.25, 0.3) is 5.91 Å². The van der Waals surface area contributed by atoms with Gasteiger partial charge >= 0.3 is 0 Å². The maximum atomic E-state index is 12.6. The minimum Gasteiger partial charge on any atom is -0.390 e. The molecular weight excluding hydrogens is 286 g/mol. The average Bonchev–Trinajstić information content (AvgIpc) is 2.82. The highest BCUT2D eigenvalue weighted by molar-refractivity contribution is 7.16. The Morgan fingerprint density at radius 1 is 1.19 bits per heavy atom. The van der Waals surface area contributed by atoms with Crippen molar-refractivity contribution in [2.45, 2.75) is 45.1 Å². The molecule has 21 heavy (non-hydrogen) atoms. The molecule has 0 unspecified atom stereocenters. The quantitative estimate of drug-likeness (QED) is 0.874. The Bertz CT molecular complexity index is 576. The van der Waals surface area contributed by atoms with Gasteiger partial charge in [0.05, 0.1) is 17.1 Å². The van der Waals surface area contributed by atoms with Crippen molar-refractivity contribution in [3.05, 3.63) is 16.0 Å². The summed E-state index contributed by atoms with van der Waals surface area (Å²) in [5.74, 6) is -0.00164. The summed E-state index contributed by atoms with van der Waals surface area (Å²) < 4.78 is 0. The number of hydrogen-bond donors (Lipinski definition) is 2. The molecule has 0 bridgehead atoms. The van der Waals surface area contributed by atoms with Gasteiger partial charge < -0.3 is 16.4 Å². The van der Waals surface area contributed by atoms with Gasteiger partial charge in [0.1, 0.15) is 0 Å². The summed E-state index contributed by atoms with van der Waals surface area (Å²) in [5, 5.41) is 0.486. The molecule has 1 fully saturated rings. The molecule has 0 spiro atoms. The predicted octanol–water partition coefficient (Wildman–Crippen LogP) is 1.89. The van der Waals surface area contributed by atoms with Crippen LogP contribution in [-0.4, -0.2) is 23.3 Å². The van der Waals surface area contributed by atoms with Crippen molar-refractivity contribution in [1.29, 1.82) is 0 Å². The van der Waals surface area contributed by atoms with Crippen molar-refractivity contribution >= 4 is 28.2 Å². The second-order valence-electron chi connectivity index (χ2n) is 5.95. The van der Waals surface area contributed by atoms with E-state index in [-0.39, 0.29) is 11.8 Å². The van der Waals surface area contributed by atoms with Crippen molar-refractivity contribution in [2.24, 2.45) is 11.7 Å². The van der Waals surface area contributed by atoms with Gasteiger partial charge in [-0.15, -0.1) is 11.3 Å². The number of carbonyl (C=O) groups is 2. The van der Waals surface area contributed by atoms with E-state index in [1.54, 1.807) is 0 Å². The molecular formula is C15H21N3O2S. The SMILES string of the molecule is NC(=O)c1c(N)sc2c1CCN(C(=O)C1CCCCC1)C2. The molecule has 1 aromatic rings. The van der Waals surface area contributed by atoms with Gasteiger partial charge in [-0.25, -0.2) is 0 Å². The Balaban J connectivity index is 1.77. The van der Waals surface area contributed by atoms with Crippen LogP contribution in [0.2, 0.25) is 0 Å². The van der Waals surface area contributed by atoms with Crippen LogP contribution in [0.1, 0.15) is 52.9 Å². The number of fused-ring (bicyclic) bond motifs is 1. The fourth-order valence-electron chi connectivity index (χ4n) is 3.49. The maximum Gasteiger partial charge on any atom is 0.251 e. The second-order valence-corrected chi connectivity index (χ2v) is 7.09. The van der Waals surface area contributed by atoms with Gasteiger partial charge in [0.15, 0.2) is 0 Å². The van der Waals surface area contributed by atoms with Crippen LogP contribution in [0.25, 0.3) is 0 Å². The van der Waals surface area contributed by atoms with Gasteiger partial charge in [0, 0.05) is 17.3 Å². The molecule has 1 saturated carbocycles. The molecule has 2 amide bonds. The summed E-state index contributed by atoms with van der Waals surface area (Å²) >= 11 is 1.40. The van der Waals surface area contributed by atoms with Crippen molar-refractivity contribution in [2.75, 3.05) is 12.3 Å². The third-order valence-corrected chi connectivity index (χ3v) is 5.64. The number of hydrogen-bond acceptors (Lipinski definition) is 4. The highest BCUT2D eigenvalue weighted by Crippen LogP contribution is 2.36. The topological polar surface area (TPSA) is 89.4 Å². The molecule has 3 rings (SSSR count). The second kappa shape index (κ2) is 5.67. The average molecular weight is 307 g/mol. The Kier molecular flexibility index (Phi) is 3.89. The number of thiophene rings is 1. The molecule has 1 aliphatic heterocycles. The fourth-order valence-corrected chi connectivity index (χ4v) is 4.63. The van der Waals surface area contributed by atoms with E-state index >= 15 is 0 Å². The van der Waals surface area contributed by atoms with E-state index in [0.717, 1.165) is 36.1 Å². The third-order valence-electron chi connectivity index (χ3n) is 4.60. The molecule has 0 aromatic carbocycles. The number of primary amides is 1.